The fourth-order valence-electron chi connectivity index (χ4n) is 2.02. The molecule has 0 heterocycles. The summed E-state index contributed by atoms with van der Waals surface area (Å²) in [5.41, 5.74) is 1.96. The lowest BCUT2D eigenvalue weighted by Gasteiger charge is -2.13. The van der Waals surface area contributed by atoms with E-state index in [1.807, 2.05) is 43.3 Å². The summed E-state index contributed by atoms with van der Waals surface area (Å²) >= 11 is 5.71. The number of carbonyl (C=O) groups is 1. The molecule has 0 saturated carbocycles. The molecule has 0 bridgehead atoms. The van der Waals surface area contributed by atoms with Gasteiger partial charge in [0.15, 0.2) is 6.10 Å². The fraction of sp³-hybridized carbons (Fsp3) is 0.211. The molecule has 0 spiro atoms. The number of carboxylic acid groups (broad SMARTS) is 1. The molecule has 132 valence electrons. The molecule has 2 aromatic carbocycles. The quantitative estimate of drug-likeness (QED) is 0.496. The van der Waals surface area contributed by atoms with Gasteiger partial charge in [-0.2, -0.15) is 0 Å². The summed E-state index contributed by atoms with van der Waals surface area (Å²) in [6.07, 6.45) is 1.12. The van der Waals surface area contributed by atoms with E-state index in [1.165, 1.54) is 6.92 Å². The maximum Gasteiger partial charge on any atom is 0.344 e. The van der Waals surface area contributed by atoms with Crippen molar-refractivity contribution in [1.29, 1.82) is 0 Å². The lowest BCUT2D eigenvalue weighted by molar-refractivity contribution is -0.144. The van der Waals surface area contributed by atoms with Crippen LogP contribution < -0.4 is 9.47 Å². The molecule has 2 aromatic rings. The van der Waals surface area contributed by atoms with Gasteiger partial charge in [0.1, 0.15) is 18.1 Å². The number of carboxylic acids is 1. The monoisotopic (exact) mass is 516 g/mol. The van der Waals surface area contributed by atoms with Gasteiger partial charge < -0.3 is 14.6 Å². The van der Waals surface area contributed by atoms with Gasteiger partial charge in [-0.15, -0.1) is 0 Å². The Morgan fingerprint density at radius 1 is 1.28 bits per heavy atom. The Morgan fingerprint density at radius 2 is 1.96 bits per heavy atom. The molecule has 2 rings (SSSR count). The predicted octanol–water partition coefficient (Wildman–Crippen LogP) is 5.46. The number of aryl methyl sites for hydroxylation is 1. The molecular formula is C19H18BrIO4. The summed E-state index contributed by atoms with van der Waals surface area (Å²) in [7, 11) is 0. The lowest BCUT2D eigenvalue weighted by Crippen LogP contribution is -2.23. The van der Waals surface area contributed by atoms with Crippen molar-refractivity contribution in [2.45, 2.75) is 20.0 Å². The number of rotatable bonds is 7. The van der Waals surface area contributed by atoms with Crippen LogP contribution in [0.5, 0.6) is 11.5 Å². The number of ether oxygens (including phenoxy) is 2. The second-order valence-electron chi connectivity index (χ2n) is 5.40. The molecule has 0 radical (unpaired) electrons. The summed E-state index contributed by atoms with van der Waals surface area (Å²) in [5, 5.41) is 8.91. The molecule has 1 atom stereocenters. The molecule has 0 saturated heterocycles. The largest absolute Gasteiger partial charge is 0.489 e. The normalized spacial score (nSPS) is 12.6. The van der Waals surface area contributed by atoms with E-state index in [1.54, 1.807) is 12.1 Å². The van der Waals surface area contributed by atoms with E-state index in [9.17, 15) is 4.79 Å². The Balaban J connectivity index is 1.97. The van der Waals surface area contributed by atoms with Crippen LogP contribution in [-0.4, -0.2) is 23.8 Å². The Morgan fingerprint density at radius 3 is 2.56 bits per heavy atom. The number of benzene rings is 2. The van der Waals surface area contributed by atoms with Crippen molar-refractivity contribution in [2.75, 3.05) is 6.61 Å². The summed E-state index contributed by atoms with van der Waals surface area (Å²) in [5.74, 6) is 0.263. The first kappa shape index (κ1) is 19.8. The van der Waals surface area contributed by atoms with Gasteiger partial charge in [0.2, 0.25) is 0 Å². The third kappa shape index (κ3) is 6.04. The summed E-state index contributed by atoms with van der Waals surface area (Å²) in [6, 6.07) is 13.4. The highest BCUT2D eigenvalue weighted by Gasteiger charge is 2.13. The number of hydrogen-bond acceptors (Lipinski definition) is 3. The minimum absolute atomic E-state index is 0.444. The van der Waals surface area contributed by atoms with Crippen LogP contribution in [0.15, 0.2) is 53.0 Å². The van der Waals surface area contributed by atoms with E-state index in [-0.39, 0.29) is 0 Å². The van der Waals surface area contributed by atoms with Crippen molar-refractivity contribution in [1.82, 2.24) is 0 Å². The summed E-state index contributed by atoms with van der Waals surface area (Å²) in [6.45, 7) is 3.80. The fourth-order valence-corrected chi connectivity index (χ4v) is 2.83. The minimum atomic E-state index is -0.993. The Labute approximate surface area is 169 Å². The predicted molar refractivity (Wildman–Crippen MR) is 111 cm³/mol. The molecule has 0 fully saturated rings. The Kier molecular flexibility index (Phi) is 7.31. The molecule has 1 N–H and O–H groups in total. The third-order valence-electron chi connectivity index (χ3n) is 3.43. The van der Waals surface area contributed by atoms with Gasteiger partial charge in [0.25, 0.3) is 0 Å². The van der Waals surface area contributed by atoms with Crippen LogP contribution in [0.2, 0.25) is 0 Å². The van der Waals surface area contributed by atoms with Gasteiger partial charge in [0.05, 0.1) is 0 Å². The van der Waals surface area contributed by atoms with Crippen molar-refractivity contribution in [3.8, 4) is 11.5 Å². The topological polar surface area (TPSA) is 55.8 Å². The van der Waals surface area contributed by atoms with Crippen molar-refractivity contribution in [2.24, 2.45) is 0 Å². The van der Waals surface area contributed by atoms with Gasteiger partial charge in [-0.05, 0) is 84.0 Å². The van der Waals surface area contributed by atoms with Crippen LogP contribution in [0, 0.1) is 6.92 Å². The van der Waals surface area contributed by atoms with Crippen LogP contribution in [0.4, 0.5) is 0 Å². The highest BCUT2D eigenvalue weighted by molar-refractivity contribution is 14.1. The van der Waals surface area contributed by atoms with Crippen LogP contribution >= 0.6 is 38.5 Å². The molecule has 1 unspecified atom stereocenters. The summed E-state index contributed by atoms with van der Waals surface area (Å²) < 4.78 is 13.3. The average Bonchev–Trinajstić information content (AvgIpc) is 2.57. The molecule has 4 nitrogen and oxygen atoms in total. The van der Waals surface area contributed by atoms with E-state index in [0.29, 0.717) is 18.1 Å². The number of aliphatic carboxylic acids is 1. The van der Waals surface area contributed by atoms with Crippen LogP contribution in [0.3, 0.4) is 0 Å². The minimum Gasteiger partial charge on any atom is -0.489 e. The second kappa shape index (κ2) is 9.24. The van der Waals surface area contributed by atoms with Gasteiger partial charge >= 0.3 is 5.97 Å². The second-order valence-corrected chi connectivity index (χ2v) is 7.47. The lowest BCUT2D eigenvalue weighted by atomic mass is 10.2. The first-order valence-electron chi connectivity index (χ1n) is 7.61. The number of halogens is 2. The first-order valence-corrected chi connectivity index (χ1v) is 9.48. The Bertz CT molecular complexity index is 771. The van der Waals surface area contributed by atoms with Crippen molar-refractivity contribution < 1.29 is 19.4 Å². The number of hydrogen-bond donors (Lipinski definition) is 1. The molecule has 0 aliphatic rings. The SMILES string of the molecule is Cc1cc(OC/C=C(\I)c2ccc(Br)cc2)ccc1OC(C)C(=O)O. The zero-order valence-electron chi connectivity index (χ0n) is 13.8. The maximum absolute atomic E-state index is 10.9. The third-order valence-corrected chi connectivity index (χ3v) is 5.02. The van der Waals surface area contributed by atoms with Crippen LogP contribution in [-0.2, 0) is 4.79 Å². The standard InChI is InChI=1S/C19H18BrIO4/c1-12-11-16(7-8-18(12)25-13(2)19(22)23)24-10-9-17(21)14-3-5-15(20)6-4-14/h3-9,11,13H,10H2,1-2H3,(H,22,23)/b17-9-. The van der Waals surface area contributed by atoms with E-state index in [4.69, 9.17) is 14.6 Å². The first-order chi connectivity index (χ1) is 11.9. The van der Waals surface area contributed by atoms with E-state index in [2.05, 4.69) is 38.5 Å². The molecule has 0 aliphatic heterocycles. The molecule has 0 amide bonds. The Hall–Kier alpha value is -1.54. The highest BCUT2D eigenvalue weighted by atomic mass is 127. The van der Waals surface area contributed by atoms with E-state index >= 15 is 0 Å². The van der Waals surface area contributed by atoms with Crippen molar-refractivity contribution >= 4 is 48.1 Å². The van der Waals surface area contributed by atoms with Crippen molar-refractivity contribution in [3.63, 3.8) is 0 Å². The smallest absolute Gasteiger partial charge is 0.344 e. The van der Waals surface area contributed by atoms with Crippen LogP contribution in [0.1, 0.15) is 18.1 Å². The zero-order valence-corrected chi connectivity index (χ0v) is 17.6. The van der Waals surface area contributed by atoms with E-state index < -0.39 is 12.1 Å². The van der Waals surface area contributed by atoms with Gasteiger partial charge in [-0.1, -0.05) is 28.1 Å². The van der Waals surface area contributed by atoms with E-state index in [0.717, 1.165) is 19.2 Å². The molecule has 6 heteroatoms. The molecule has 0 aliphatic carbocycles. The van der Waals surface area contributed by atoms with Gasteiger partial charge in [-0.25, -0.2) is 4.79 Å². The highest BCUT2D eigenvalue weighted by Crippen LogP contribution is 2.26. The maximum atomic E-state index is 10.9. The molecular weight excluding hydrogens is 499 g/mol. The summed E-state index contributed by atoms with van der Waals surface area (Å²) in [4.78, 5) is 10.9. The van der Waals surface area contributed by atoms with Gasteiger partial charge in [-0.3, -0.25) is 0 Å². The van der Waals surface area contributed by atoms with Crippen molar-refractivity contribution in [3.05, 3.63) is 64.1 Å². The molecule has 25 heavy (non-hydrogen) atoms. The van der Waals surface area contributed by atoms with Crippen LogP contribution in [0.25, 0.3) is 3.58 Å². The van der Waals surface area contributed by atoms with Gasteiger partial charge in [0, 0.05) is 8.05 Å². The molecule has 0 aromatic heterocycles. The average molecular weight is 517 g/mol. The zero-order chi connectivity index (χ0) is 18.4.